The Balaban J connectivity index is -0.000000406. The van der Waals surface area contributed by atoms with E-state index in [4.69, 9.17) is 5.11 Å². The smallest absolute Gasteiger partial charge is 0.156 e. The molecule has 0 spiro atoms. The Morgan fingerprint density at radius 3 is 2.00 bits per heavy atom. The van der Waals surface area contributed by atoms with Crippen molar-refractivity contribution in [2.75, 3.05) is 7.05 Å². The number of hydrogen-bond donors (Lipinski definition) is 2. The van der Waals surface area contributed by atoms with Gasteiger partial charge in [-0.3, -0.25) is 4.79 Å². The van der Waals surface area contributed by atoms with Crippen molar-refractivity contribution in [3.63, 3.8) is 0 Å². The number of phenols is 1. The van der Waals surface area contributed by atoms with E-state index in [1.807, 2.05) is 39.8 Å². The molecule has 1 unspecified atom stereocenters. The molecule has 3 heteroatoms. The number of benzene rings is 1. The van der Waals surface area contributed by atoms with Crippen molar-refractivity contribution in [2.45, 2.75) is 115 Å². The average Bonchev–Trinajstić information content (AvgIpc) is 3.20. The van der Waals surface area contributed by atoms with Gasteiger partial charge in [0.2, 0.25) is 0 Å². The van der Waals surface area contributed by atoms with Crippen LogP contribution in [0.4, 0.5) is 0 Å². The Bertz CT molecular complexity index is 622. The van der Waals surface area contributed by atoms with Crippen molar-refractivity contribution in [1.29, 1.82) is 0 Å². The minimum atomic E-state index is 0.111. The summed E-state index contributed by atoms with van der Waals surface area (Å²) in [6.07, 6.45) is 10.0. The quantitative estimate of drug-likeness (QED) is 0.385. The van der Waals surface area contributed by atoms with Gasteiger partial charge in [0.1, 0.15) is 5.75 Å². The maximum absolute atomic E-state index is 10.4. The number of nitrogens with one attached hydrogen (secondary N) is 1. The Kier molecular flexibility index (Phi) is 26.4. The molecule has 1 saturated carbocycles. The van der Waals surface area contributed by atoms with Crippen LogP contribution in [0.5, 0.6) is 5.75 Å². The summed E-state index contributed by atoms with van der Waals surface area (Å²) in [5.74, 6) is 4.47. The molecule has 0 aliphatic heterocycles. The van der Waals surface area contributed by atoms with Crippen LogP contribution in [0.2, 0.25) is 0 Å². The van der Waals surface area contributed by atoms with Crippen LogP contribution in [-0.2, 0) is 11.2 Å². The van der Waals surface area contributed by atoms with Crippen LogP contribution in [0.25, 0.3) is 0 Å². The van der Waals surface area contributed by atoms with Crippen LogP contribution < -0.4 is 5.32 Å². The van der Waals surface area contributed by atoms with E-state index in [-0.39, 0.29) is 5.78 Å². The lowest BCUT2D eigenvalue weighted by Gasteiger charge is -2.18. The van der Waals surface area contributed by atoms with Crippen LogP contribution in [0.1, 0.15) is 114 Å². The second kappa shape index (κ2) is 24.4. The second-order valence-corrected chi connectivity index (χ2v) is 9.17. The fourth-order valence-electron chi connectivity index (χ4n) is 4.01. The van der Waals surface area contributed by atoms with Crippen molar-refractivity contribution >= 4 is 5.78 Å². The number of aryl methyl sites for hydroxylation is 1. The molecular weight excluding hydrogens is 418 g/mol. The average molecular weight is 478 g/mol. The van der Waals surface area contributed by atoms with Gasteiger partial charge in [-0.2, -0.15) is 0 Å². The monoisotopic (exact) mass is 477 g/mol. The number of allylic oxidation sites excluding steroid dienone is 1. The summed E-state index contributed by atoms with van der Waals surface area (Å²) >= 11 is 0. The van der Waals surface area contributed by atoms with Crippen molar-refractivity contribution < 1.29 is 9.90 Å². The Morgan fingerprint density at radius 2 is 1.65 bits per heavy atom. The zero-order chi connectivity index (χ0) is 27.1. The molecule has 0 saturated heterocycles. The van der Waals surface area contributed by atoms with Crippen molar-refractivity contribution in [2.24, 2.45) is 23.7 Å². The number of rotatable bonds is 7. The minimum Gasteiger partial charge on any atom is -0.508 e. The van der Waals surface area contributed by atoms with Gasteiger partial charge in [-0.15, -0.1) is 0 Å². The van der Waals surface area contributed by atoms with E-state index in [1.165, 1.54) is 37.7 Å². The highest BCUT2D eigenvalue weighted by molar-refractivity contribution is 5.92. The van der Waals surface area contributed by atoms with Crippen LogP contribution in [-0.4, -0.2) is 17.9 Å². The lowest BCUT2D eigenvalue weighted by molar-refractivity contribution is -0.113. The lowest BCUT2D eigenvalue weighted by Crippen LogP contribution is -2.07. The van der Waals surface area contributed by atoms with Crippen molar-refractivity contribution in [3.8, 4) is 5.75 Å². The zero-order valence-corrected chi connectivity index (χ0v) is 24.8. The third kappa shape index (κ3) is 19.7. The number of ketones is 1. The van der Waals surface area contributed by atoms with Gasteiger partial charge in [0.25, 0.3) is 0 Å². The molecule has 0 heterocycles. The first-order valence-corrected chi connectivity index (χ1v) is 13.8. The SMILES string of the molecule is CC.CC.CC[C@H]1CC(C)C[C@H]1CCC(C)C.CCc1cccc(O)c1.CN/C=C(\C)C(C)=O. The Morgan fingerprint density at radius 1 is 1.09 bits per heavy atom. The lowest BCUT2D eigenvalue weighted by atomic mass is 9.88. The number of phenolic OH excluding ortho intramolecular Hbond substituents is 1. The highest BCUT2D eigenvalue weighted by Gasteiger charge is 2.29. The van der Waals surface area contributed by atoms with Gasteiger partial charge in [-0.1, -0.05) is 87.3 Å². The number of hydrogen-bond acceptors (Lipinski definition) is 3. The Hall–Kier alpha value is -1.77. The maximum Gasteiger partial charge on any atom is 0.156 e. The fraction of sp³-hybridized carbons (Fsp3) is 0.710. The van der Waals surface area contributed by atoms with Crippen LogP contribution >= 0.6 is 0 Å². The first-order valence-electron chi connectivity index (χ1n) is 13.8. The van der Waals surface area contributed by atoms with Gasteiger partial charge in [0, 0.05) is 18.8 Å². The molecule has 200 valence electrons. The number of Topliss-reactive ketones (excluding diaryl/α,β-unsaturated/α-hetero) is 1. The molecule has 0 amide bonds. The zero-order valence-electron chi connectivity index (χ0n) is 24.8. The number of carbonyl (C=O) groups excluding carboxylic acids is 1. The maximum atomic E-state index is 10.4. The molecule has 0 bridgehead atoms. The molecule has 2 rings (SSSR count). The van der Waals surface area contributed by atoms with E-state index in [1.54, 1.807) is 39.2 Å². The van der Waals surface area contributed by atoms with Crippen LogP contribution in [0, 0.1) is 23.7 Å². The molecule has 0 radical (unpaired) electrons. The normalized spacial score (nSPS) is 18.6. The predicted octanol–water partition coefficient (Wildman–Crippen LogP) is 9.20. The largest absolute Gasteiger partial charge is 0.508 e. The van der Waals surface area contributed by atoms with Crippen LogP contribution in [0.15, 0.2) is 36.0 Å². The number of carbonyl (C=O) groups is 1. The van der Waals surface area contributed by atoms with Gasteiger partial charge in [-0.25, -0.2) is 0 Å². The predicted molar refractivity (Wildman–Crippen MR) is 153 cm³/mol. The molecule has 1 aromatic carbocycles. The van der Waals surface area contributed by atoms with Gasteiger partial charge in [0.15, 0.2) is 5.78 Å². The van der Waals surface area contributed by atoms with Gasteiger partial charge >= 0.3 is 0 Å². The highest BCUT2D eigenvalue weighted by atomic mass is 16.3. The third-order valence-corrected chi connectivity index (χ3v) is 5.95. The topological polar surface area (TPSA) is 49.3 Å². The molecule has 1 aliphatic rings. The summed E-state index contributed by atoms with van der Waals surface area (Å²) in [5, 5.41) is 11.7. The van der Waals surface area contributed by atoms with E-state index < -0.39 is 0 Å². The molecule has 2 N–H and O–H groups in total. The molecule has 1 aliphatic carbocycles. The summed E-state index contributed by atoms with van der Waals surface area (Å²) in [4.78, 5) is 10.4. The van der Waals surface area contributed by atoms with Gasteiger partial charge in [-0.05, 0) is 80.9 Å². The molecular formula is C31H59NO2. The third-order valence-electron chi connectivity index (χ3n) is 5.95. The number of aromatic hydroxyl groups is 1. The van der Waals surface area contributed by atoms with E-state index in [0.717, 1.165) is 35.7 Å². The molecule has 0 aromatic heterocycles. The summed E-state index contributed by atoms with van der Waals surface area (Å²) in [6.45, 7) is 22.9. The first-order chi connectivity index (χ1) is 16.1. The minimum absolute atomic E-state index is 0.111. The summed E-state index contributed by atoms with van der Waals surface area (Å²) < 4.78 is 0. The van der Waals surface area contributed by atoms with Crippen LogP contribution in [0.3, 0.4) is 0 Å². The van der Waals surface area contributed by atoms with E-state index >= 15 is 0 Å². The summed E-state index contributed by atoms with van der Waals surface area (Å²) in [5.41, 5.74) is 1.93. The fourth-order valence-corrected chi connectivity index (χ4v) is 4.01. The highest BCUT2D eigenvalue weighted by Crippen LogP contribution is 2.40. The second-order valence-electron chi connectivity index (χ2n) is 9.17. The molecule has 1 fully saturated rings. The van der Waals surface area contributed by atoms with Gasteiger partial charge < -0.3 is 10.4 Å². The van der Waals surface area contributed by atoms with E-state index in [2.05, 4.69) is 39.9 Å². The first kappa shape index (κ1) is 36.8. The van der Waals surface area contributed by atoms with E-state index in [9.17, 15) is 4.79 Å². The van der Waals surface area contributed by atoms with Crippen molar-refractivity contribution in [1.82, 2.24) is 5.32 Å². The molecule has 3 atom stereocenters. The van der Waals surface area contributed by atoms with Gasteiger partial charge in [0.05, 0.1) is 0 Å². The van der Waals surface area contributed by atoms with E-state index in [0.29, 0.717) is 5.75 Å². The molecule has 34 heavy (non-hydrogen) atoms. The Labute approximate surface area is 213 Å². The molecule has 3 nitrogen and oxygen atoms in total. The molecule has 1 aromatic rings. The summed E-state index contributed by atoms with van der Waals surface area (Å²) in [7, 11) is 1.77. The van der Waals surface area contributed by atoms with Crippen molar-refractivity contribution in [3.05, 3.63) is 41.6 Å². The standard InChI is InChI=1S/C13H26.C8H10O.C6H11NO.2C2H6/c1-5-12-8-11(4)9-13(12)7-6-10(2)3;1-2-7-4-3-5-8(9)6-7;1-5(4-7-3)6(2)8;2*1-2/h10-13H,5-9H2,1-4H3;3-6,9H,2H2,1H3;4,7H,1-3H3;2*1-2H3/b;;5-4+;;/t11?,12-,13+;;;;/m0..../s1. The summed E-state index contributed by atoms with van der Waals surface area (Å²) in [6, 6.07) is 7.31.